The fourth-order valence-corrected chi connectivity index (χ4v) is 4.81. The molecule has 1 unspecified atom stereocenters. The number of ether oxygens (including phenoxy) is 3. The molecule has 7 nitrogen and oxygen atoms in total. The van der Waals surface area contributed by atoms with Gasteiger partial charge in [-0.05, 0) is 41.0 Å². The van der Waals surface area contributed by atoms with Crippen molar-refractivity contribution in [2.45, 2.75) is 25.7 Å². The van der Waals surface area contributed by atoms with Crippen LogP contribution in [0.25, 0.3) is 6.08 Å². The molecule has 1 atom stereocenters. The van der Waals surface area contributed by atoms with Gasteiger partial charge in [-0.2, -0.15) is 0 Å². The summed E-state index contributed by atoms with van der Waals surface area (Å²) in [4.78, 5) is 13.8. The van der Waals surface area contributed by atoms with Crippen molar-refractivity contribution < 1.29 is 34.3 Å². The number of ketones is 1. The number of fused-ring (bicyclic) bond motifs is 1. The quantitative estimate of drug-likeness (QED) is 0.427. The number of benzene rings is 3. The second kappa shape index (κ2) is 10.3. The van der Waals surface area contributed by atoms with E-state index in [4.69, 9.17) is 14.2 Å². The number of hydrogen-bond donors (Lipinski definition) is 3. The molecule has 0 bridgehead atoms. The van der Waals surface area contributed by atoms with Gasteiger partial charge in [0, 0.05) is 33.7 Å². The van der Waals surface area contributed by atoms with E-state index in [1.54, 1.807) is 18.2 Å². The van der Waals surface area contributed by atoms with E-state index in [9.17, 15) is 20.1 Å². The van der Waals surface area contributed by atoms with E-state index in [-0.39, 0.29) is 25.6 Å². The minimum absolute atomic E-state index is 0.202. The fourth-order valence-electron chi connectivity index (χ4n) is 4.81. The molecule has 1 aliphatic rings. The third-order valence-corrected chi connectivity index (χ3v) is 6.36. The fraction of sp³-hybridized carbons (Fsp3) is 0.250. The van der Waals surface area contributed by atoms with E-state index >= 15 is 0 Å². The van der Waals surface area contributed by atoms with E-state index in [0.717, 1.165) is 5.56 Å². The minimum Gasteiger partial charge on any atom is -0.496 e. The molecule has 4 rings (SSSR count). The molecule has 182 valence electrons. The van der Waals surface area contributed by atoms with Crippen molar-refractivity contribution in [1.29, 1.82) is 0 Å². The molecule has 0 radical (unpaired) electrons. The summed E-state index contributed by atoms with van der Waals surface area (Å²) in [6, 6.07) is 14.7. The highest BCUT2D eigenvalue weighted by molar-refractivity contribution is 6.18. The Morgan fingerprint density at radius 3 is 2.09 bits per heavy atom. The molecule has 0 heterocycles. The maximum Gasteiger partial charge on any atom is 0.190 e. The molecule has 0 amide bonds. The third kappa shape index (κ3) is 4.18. The van der Waals surface area contributed by atoms with Gasteiger partial charge in [0.2, 0.25) is 0 Å². The van der Waals surface area contributed by atoms with Gasteiger partial charge in [-0.3, -0.25) is 4.79 Å². The van der Waals surface area contributed by atoms with Crippen molar-refractivity contribution >= 4 is 11.9 Å². The molecular formula is C28H28O7. The average molecular weight is 477 g/mol. The molecule has 0 aliphatic heterocycles. The topological polar surface area (TPSA) is 105 Å². The molecule has 3 N–H and O–H groups in total. The van der Waals surface area contributed by atoms with Crippen LogP contribution in [-0.4, -0.2) is 42.4 Å². The first-order valence-electron chi connectivity index (χ1n) is 11.1. The first-order valence-corrected chi connectivity index (χ1v) is 11.1. The lowest BCUT2D eigenvalue weighted by Crippen LogP contribution is -2.08. The number of allylic oxidation sites excluding steroid dienone is 1. The van der Waals surface area contributed by atoms with Gasteiger partial charge in [0.05, 0.1) is 41.2 Å². The van der Waals surface area contributed by atoms with Gasteiger partial charge in [-0.25, -0.2) is 0 Å². The Kier molecular flexibility index (Phi) is 7.21. The van der Waals surface area contributed by atoms with Crippen molar-refractivity contribution in [2.75, 3.05) is 21.3 Å². The van der Waals surface area contributed by atoms with Crippen LogP contribution in [0.15, 0.2) is 54.1 Å². The zero-order chi connectivity index (χ0) is 25.1. The number of carbonyl (C=O) groups is 1. The molecule has 0 fully saturated rings. The lowest BCUT2D eigenvalue weighted by molar-refractivity contribution is 0.103. The Morgan fingerprint density at radius 1 is 0.829 bits per heavy atom. The first-order chi connectivity index (χ1) is 17.0. The van der Waals surface area contributed by atoms with Crippen LogP contribution in [0.3, 0.4) is 0 Å². The van der Waals surface area contributed by atoms with Crippen LogP contribution in [0.5, 0.6) is 17.2 Å². The summed E-state index contributed by atoms with van der Waals surface area (Å²) in [6.07, 6.45) is 1.83. The zero-order valence-electron chi connectivity index (χ0n) is 19.9. The number of hydrogen-bond acceptors (Lipinski definition) is 7. The average Bonchev–Trinajstić information content (AvgIpc) is 3.17. The summed E-state index contributed by atoms with van der Waals surface area (Å²) in [7, 11) is 4.48. The normalized spacial score (nSPS) is 15.9. The molecule has 3 aromatic carbocycles. The highest BCUT2D eigenvalue weighted by atomic mass is 16.5. The molecule has 0 aromatic heterocycles. The number of methoxy groups -OCH3 is 3. The van der Waals surface area contributed by atoms with Crippen LogP contribution in [0.4, 0.5) is 0 Å². The molecule has 35 heavy (non-hydrogen) atoms. The van der Waals surface area contributed by atoms with E-state index in [2.05, 4.69) is 0 Å². The van der Waals surface area contributed by atoms with E-state index < -0.39 is 5.92 Å². The van der Waals surface area contributed by atoms with Crippen molar-refractivity contribution in [3.05, 3.63) is 93.0 Å². The van der Waals surface area contributed by atoms with E-state index in [0.29, 0.717) is 56.2 Å². The highest BCUT2D eigenvalue weighted by Crippen LogP contribution is 2.51. The van der Waals surface area contributed by atoms with Gasteiger partial charge in [0.25, 0.3) is 0 Å². The number of aliphatic hydroxyl groups excluding tert-OH is 3. The summed E-state index contributed by atoms with van der Waals surface area (Å²) in [5.74, 6) is 0.407. The van der Waals surface area contributed by atoms with Gasteiger partial charge in [0.1, 0.15) is 5.75 Å². The SMILES string of the molecule is COc1cc(C2C(=Cc3ccccc3)C(=O)c3cc(CO)c(CO)c(OC)c32)cc(CO)c1OC. The van der Waals surface area contributed by atoms with Gasteiger partial charge >= 0.3 is 0 Å². The largest absolute Gasteiger partial charge is 0.496 e. The molecule has 3 aromatic rings. The molecule has 7 heteroatoms. The Bertz CT molecular complexity index is 1250. The van der Waals surface area contributed by atoms with E-state index in [1.807, 2.05) is 36.4 Å². The van der Waals surface area contributed by atoms with Crippen LogP contribution >= 0.6 is 0 Å². The zero-order valence-corrected chi connectivity index (χ0v) is 19.9. The number of aliphatic hydroxyl groups is 3. The summed E-state index contributed by atoms with van der Waals surface area (Å²) in [5, 5.41) is 30.0. The Balaban J connectivity index is 2.07. The van der Waals surface area contributed by atoms with Crippen LogP contribution in [0.2, 0.25) is 0 Å². The van der Waals surface area contributed by atoms with Gasteiger partial charge in [-0.15, -0.1) is 0 Å². The predicted octanol–water partition coefficient (Wildman–Crippen LogP) is 3.60. The molecular weight excluding hydrogens is 448 g/mol. The number of rotatable bonds is 8. The molecule has 0 saturated carbocycles. The van der Waals surface area contributed by atoms with Gasteiger partial charge in [0.15, 0.2) is 17.3 Å². The monoisotopic (exact) mass is 476 g/mol. The molecule has 0 saturated heterocycles. The lowest BCUT2D eigenvalue weighted by Gasteiger charge is -2.22. The van der Waals surface area contributed by atoms with Crippen molar-refractivity contribution in [3.8, 4) is 17.2 Å². The summed E-state index contributed by atoms with van der Waals surface area (Å²) < 4.78 is 16.7. The van der Waals surface area contributed by atoms with Crippen molar-refractivity contribution in [1.82, 2.24) is 0 Å². The summed E-state index contributed by atoms with van der Waals surface area (Å²) >= 11 is 0. The number of Topliss-reactive ketones (excluding diaryl/α,β-unsaturated/α-hetero) is 1. The minimum atomic E-state index is -0.573. The first kappa shape index (κ1) is 24.5. The smallest absolute Gasteiger partial charge is 0.190 e. The maximum atomic E-state index is 13.8. The maximum absolute atomic E-state index is 13.8. The molecule has 1 aliphatic carbocycles. The Morgan fingerprint density at radius 2 is 1.51 bits per heavy atom. The van der Waals surface area contributed by atoms with Crippen LogP contribution in [0.1, 0.15) is 49.7 Å². The van der Waals surface area contributed by atoms with E-state index in [1.165, 1.54) is 21.3 Å². The Labute approximate surface area is 203 Å². The van der Waals surface area contributed by atoms with Crippen LogP contribution < -0.4 is 14.2 Å². The highest BCUT2D eigenvalue weighted by Gasteiger charge is 2.40. The van der Waals surface area contributed by atoms with Crippen LogP contribution in [0, 0.1) is 0 Å². The van der Waals surface area contributed by atoms with Crippen molar-refractivity contribution in [3.63, 3.8) is 0 Å². The second-order valence-electron chi connectivity index (χ2n) is 8.17. The van der Waals surface area contributed by atoms with Gasteiger partial charge in [-0.1, -0.05) is 30.3 Å². The van der Waals surface area contributed by atoms with Crippen LogP contribution in [-0.2, 0) is 19.8 Å². The van der Waals surface area contributed by atoms with Crippen molar-refractivity contribution in [2.24, 2.45) is 0 Å². The molecule has 0 spiro atoms. The summed E-state index contributed by atoms with van der Waals surface area (Å²) in [5.41, 5.74) is 4.40. The predicted molar refractivity (Wildman–Crippen MR) is 131 cm³/mol. The van der Waals surface area contributed by atoms with Gasteiger partial charge < -0.3 is 29.5 Å². The summed E-state index contributed by atoms with van der Waals surface area (Å²) in [6.45, 7) is -1.000. The standard InChI is InChI=1S/C28H28O7/c1-33-23-12-17(10-19(14-30)27(23)34-2)24-20(9-16-7-5-4-6-8-16)26(32)21-11-18(13-29)22(15-31)28(35-3)25(21)24/h4-12,24,29-31H,13-15H2,1-3H3. The Hall–Kier alpha value is -3.65. The number of carbonyl (C=O) groups excluding carboxylic acids is 1. The lowest BCUT2D eigenvalue weighted by atomic mass is 9.85. The third-order valence-electron chi connectivity index (χ3n) is 6.36. The second-order valence-corrected chi connectivity index (χ2v) is 8.17.